The van der Waals surface area contributed by atoms with E-state index < -0.39 is 26.4 Å². The molecule has 0 saturated carbocycles. The van der Waals surface area contributed by atoms with E-state index in [-0.39, 0.29) is 11.4 Å². The van der Waals surface area contributed by atoms with Crippen LogP contribution in [0.15, 0.2) is 58.4 Å². The van der Waals surface area contributed by atoms with Gasteiger partial charge in [-0.2, -0.15) is 0 Å². The topological polar surface area (TPSA) is 118 Å². The maximum Gasteiger partial charge on any atom is 0.270 e. The van der Waals surface area contributed by atoms with Crippen LogP contribution in [-0.4, -0.2) is 24.3 Å². The van der Waals surface area contributed by atoms with Gasteiger partial charge in [-0.1, -0.05) is 30.7 Å². The third-order valence-corrected chi connectivity index (χ3v) is 7.56. The fourth-order valence-electron chi connectivity index (χ4n) is 4.34. The van der Waals surface area contributed by atoms with Crippen LogP contribution in [0.3, 0.4) is 0 Å². The normalized spacial score (nSPS) is 15.8. The molecule has 1 aliphatic carbocycles. The van der Waals surface area contributed by atoms with Crippen LogP contribution in [0.25, 0.3) is 5.57 Å². The smallest absolute Gasteiger partial charge is 0.270 e. The second kappa shape index (κ2) is 10.1. The Kier molecular flexibility index (Phi) is 7.12. The number of carbonyl (C=O) groups excluding carboxylic acids is 1. The van der Waals surface area contributed by atoms with Gasteiger partial charge in [0, 0.05) is 6.20 Å². The van der Waals surface area contributed by atoms with Gasteiger partial charge in [0.15, 0.2) is 4.90 Å². The van der Waals surface area contributed by atoms with E-state index in [1.54, 1.807) is 6.07 Å². The molecule has 1 aliphatic rings. The van der Waals surface area contributed by atoms with E-state index in [0.29, 0.717) is 17.4 Å². The molecule has 36 heavy (non-hydrogen) atoms. The number of amides is 1. The summed E-state index contributed by atoms with van der Waals surface area (Å²) >= 11 is 0. The number of nitrogens with one attached hydrogen (secondary N) is 2. The second-order valence-corrected chi connectivity index (χ2v) is 10.9. The van der Waals surface area contributed by atoms with Gasteiger partial charge in [-0.05, 0) is 86.9 Å². The van der Waals surface area contributed by atoms with Crippen molar-refractivity contribution >= 4 is 21.5 Å². The minimum absolute atomic E-state index is 0.00301. The van der Waals surface area contributed by atoms with Gasteiger partial charge in [-0.3, -0.25) is 9.59 Å². The molecular weight excluding hydrogens is 478 g/mol. The number of allylic oxidation sites excluding steroid dienone is 2. The van der Waals surface area contributed by atoms with E-state index in [4.69, 9.17) is 4.74 Å². The first-order valence-corrected chi connectivity index (χ1v) is 13.2. The summed E-state index contributed by atoms with van der Waals surface area (Å²) in [6, 6.07) is 9.62. The molecule has 2 N–H and O–H groups in total. The van der Waals surface area contributed by atoms with Crippen LogP contribution in [0.4, 0.5) is 0 Å². The number of hydrogen-bond acceptors (Lipinski definition) is 6. The number of H-pyrrole nitrogens is 1. The largest absolute Gasteiger partial charge is 0.438 e. The molecular formula is C27H29N3O5S. The first kappa shape index (κ1) is 25.4. The first-order valence-electron chi connectivity index (χ1n) is 11.8. The molecule has 0 saturated heterocycles. The van der Waals surface area contributed by atoms with Crippen molar-refractivity contribution in [2.45, 2.75) is 51.9 Å². The van der Waals surface area contributed by atoms with Crippen molar-refractivity contribution in [1.82, 2.24) is 14.7 Å². The first-order chi connectivity index (χ1) is 17.0. The molecule has 1 unspecified atom stereocenters. The molecule has 2 heterocycles. The number of aromatic amines is 1. The van der Waals surface area contributed by atoms with Crippen molar-refractivity contribution in [3.8, 4) is 11.6 Å². The summed E-state index contributed by atoms with van der Waals surface area (Å²) in [5, 5.41) is 0. The van der Waals surface area contributed by atoms with E-state index in [9.17, 15) is 18.0 Å². The van der Waals surface area contributed by atoms with E-state index in [1.807, 2.05) is 37.6 Å². The van der Waals surface area contributed by atoms with Gasteiger partial charge in [-0.15, -0.1) is 0 Å². The summed E-state index contributed by atoms with van der Waals surface area (Å²) in [5.41, 5.74) is 3.65. The average Bonchev–Trinajstić information content (AvgIpc) is 2.81. The minimum atomic E-state index is -4.42. The fraction of sp³-hybridized carbons (Fsp3) is 0.296. The Morgan fingerprint density at radius 3 is 2.50 bits per heavy atom. The molecule has 0 radical (unpaired) electrons. The summed E-state index contributed by atoms with van der Waals surface area (Å²) in [5.74, 6) is 0.198. The van der Waals surface area contributed by atoms with Crippen molar-refractivity contribution < 1.29 is 17.9 Å². The maximum atomic E-state index is 13.2. The van der Waals surface area contributed by atoms with E-state index in [0.717, 1.165) is 47.6 Å². The van der Waals surface area contributed by atoms with E-state index in [1.165, 1.54) is 18.3 Å². The van der Waals surface area contributed by atoms with Gasteiger partial charge < -0.3 is 9.72 Å². The molecule has 0 fully saturated rings. The number of hydrogen-bond donors (Lipinski definition) is 2. The highest BCUT2D eigenvalue weighted by molar-refractivity contribution is 7.90. The molecule has 1 amide bonds. The number of carbonyl (C=O) groups is 1. The van der Waals surface area contributed by atoms with Crippen LogP contribution in [0, 0.1) is 26.7 Å². The molecule has 2 aromatic heterocycles. The molecule has 8 nitrogen and oxygen atoms in total. The molecule has 0 spiro atoms. The van der Waals surface area contributed by atoms with Crippen molar-refractivity contribution in [2.24, 2.45) is 5.92 Å². The van der Waals surface area contributed by atoms with Crippen LogP contribution >= 0.6 is 0 Å². The maximum absolute atomic E-state index is 13.2. The van der Waals surface area contributed by atoms with Crippen molar-refractivity contribution in [1.29, 1.82) is 0 Å². The molecule has 188 valence electrons. The zero-order valence-corrected chi connectivity index (χ0v) is 21.5. The number of pyridine rings is 2. The number of benzene rings is 1. The van der Waals surface area contributed by atoms with Crippen molar-refractivity contribution in [3.63, 3.8) is 0 Å². The molecule has 1 aromatic carbocycles. The standard InChI is InChI=1S/C27H29N3O5S/c1-16-7-9-20(10-8-16)22-12-11-21(25(31)30-36(33,34)23-6-5-13-28-26(23)32)27(29-22)35-24-18(3)14-17(2)15-19(24)4/h5-6,9,11-16H,7-8,10H2,1-4H3,(H,28,32)(H,30,31). The number of aromatic nitrogens is 2. The van der Waals surface area contributed by atoms with Crippen LogP contribution < -0.4 is 15.0 Å². The highest BCUT2D eigenvalue weighted by Gasteiger charge is 2.26. The Morgan fingerprint density at radius 1 is 1.14 bits per heavy atom. The minimum Gasteiger partial charge on any atom is -0.438 e. The summed E-state index contributed by atoms with van der Waals surface area (Å²) in [6.45, 7) is 7.98. The Bertz CT molecular complexity index is 1500. The zero-order valence-electron chi connectivity index (χ0n) is 20.7. The third-order valence-electron chi connectivity index (χ3n) is 6.21. The lowest BCUT2D eigenvalue weighted by Gasteiger charge is -2.19. The monoisotopic (exact) mass is 507 g/mol. The average molecular weight is 508 g/mol. The predicted octanol–water partition coefficient (Wildman–Crippen LogP) is 4.81. The molecule has 1 atom stereocenters. The molecule has 3 aromatic rings. The van der Waals surface area contributed by atoms with Crippen LogP contribution in [-0.2, 0) is 10.0 Å². The Balaban J connectivity index is 1.75. The highest BCUT2D eigenvalue weighted by atomic mass is 32.2. The second-order valence-electron chi connectivity index (χ2n) is 9.29. The van der Waals surface area contributed by atoms with Gasteiger partial charge in [0.25, 0.3) is 21.5 Å². The van der Waals surface area contributed by atoms with Gasteiger partial charge in [0.2, 0.25) is 5.88 Å². The number of rotatable bonds is 6. The molecule has 9 heteroatoms. The van der Waals surface area contributed by atoms with Crippen LogP contribution in [0.2, 0.25) is 0 Å². The zero-order chi connectivity index (χ0) is 26.0. The number of aryl methyl sites for hydroxylation is 3. The van der Waals surface area contributed by atoms with Gasteiger partial charge in [0.05, 0.1) is 5.69 Å². The van der Waals surface area contributed by atoms with Gasteiger partial charge in [0.1, 0.15) is 11.3 Å². The lowest BCUT2D eigenvalue weighted by atomic mass is 9.89. The summed E-state index contributed by atoms with van der Waals surface area (Å²) in [4.78, 5) is 31.6. The Labute approximate surface area is 210 Å². The van der Waals surface area contributed by atoms with Crippen molar-refractivity contribution in [2.75, 3.05) is 0 Å². The number of nitrogens with zero attached hydrogens (tertiary/aromatic N) is 1. The predicted molar refractivity (Wildman–Crippen MR) is 138 cm³/mol. The van der Waals surface area contributed by atoms with E-state index >= 15 is 0 Å². The third kappa shape index (κ3) is 5.41. The Morgan fingerprint density at radius 2 is 1.86 bits per heavy atom. The molecule has 0 aliphatic heterocycles. The summed E-state index contributed by atoms with van der Waals surface area (Å²) in [7, 11) is -4.42. The van der Waals surface area contributed by atoms with Crippen molar-refractivity contribution in [3.05, 3.63) is 87.0 Å². The van der Waals surface area contributed by atoms with Gasteiger partial charge in [-0.25, -0.2) is 18.1 Å². The molecule has 0 bridgehead atoms. The van der Waals surface area contributed by atoms with Crippen LogP contribution in [0.5, 0.6) is 11.6 Å². The SMILES string of the molecule is Cc1cc(C)c(Oc2nc(C3=CCC(C)CC3)ccc2C(=O)NS(=O)(=O)c2ccc[nH]c2=O)c(C)c1. The van der Waals surface area contributed by atoms with E-state index in [2.05, 4.69) is 23.0 Å². The highest BCUT2D eigenvalue weighted by Crippen LogP contribution is 2.34. The summed E-state index contributed by atoms with van der Waals surface area (Å²) in [6.07, 6.45) is 6.29. The van der Waals surface area contributed by atoms with Crippen LogP contribution in [0.1, 0.15) is 58.9 Å². The summed E-state index contributed by atoms with van der Waals surface area (Å²) < 4.78 is 33.7. The quantitative estimate of drug-likeness (QED) is 0.494. The number of sulfonamides is 1. The molecule has 4 rings (SSSR count). The lowest BCUT2D eigenvalue weighted by Crippen LogP contribution is -2.34. The Hall–Kier alpha value is -3.72. The lowest BCUT2D eigenvalue weighted by molar-refractivity contribution is 0.0978. The van der Waals surface area contributed by atoms with Gasteiger partial charge >= 0.3 is 0 Å². The number of ether oxygens (including phenoxy) is 1. The fourth-order valence-corrected chi connectivity index (χ4v) is 5.37.